The van der Waals surface area contributed by atoms with Crippen LogP contribution in [0.15, 0.2) is 21.1 Å². The third kappa shape index (κ3) is 4.95. The lowest BCUT2D eigenvalue weighted by Crippen LogP contribution is -2.18. The molecule has 1 aromatic carbocycles. The molecule has 0 aliphatic carbocycles. The number of rotatable bonds is 7. The number of aliphatic hydroxyl groups excluding tert-OH is 1. The normalized spacial score (nSPS) is 10.6. The average Bonchev–Trinajstić information content (AvgIpc) is 2.28. The molecule has 5 heteroatoms. The van der Waals surface area contributed by atoms with Crippen molar-refractivity contribution in [2.45, 2.75) is 19.9 Å². The Hall–Kier alpha value is -0.100. The van der Waals surface area contributed by atoms with Crippen LogP contribution in [0.5, 0.6) is 5.75 Å². The fraction of sp³-hybridized carbons (Fsp3) is 0.500. The standard InChI is InChI=1S/C12H17Br2NO2/c1-2-5-17-12-9(8-15-3-4-16)6-10(13)7-11(12)14/h6-7,15-16H,2-5,8H2,1H3. The van der Waals surface area contributed by atoms with Crippen LogP contribution >= 0.6 is 31.9 Å². The highest BCUT2D eigenvalue weighted by Crippen LogP contribution is 2.33. The van der Waals surface area contributed by atoms with Gasteiger partial charge in [0.1, 0.15) is 5.75 Å². The van der Waals surface area contributed by atoms with E-state index in [-0.39, 0.29) is 6.61 Å². The Bertz CT molecular complexity index is 359. The van der Waals surface area contributed by atoms with Gasteiger partial charge in [0.15, 0.2) is 0 Å². The molecular formula is C12H17Br2NO2. The summed E-state index contributed by atoms with van der Waals surface area (Å²) >= 11 is 6.97. The number of aliphatic hydroxyl groups is 1. The molecule has 0 saturated heterocycles. The molecule has 0 aliphatic rings. The Kier molecular flexibility index (Phi) is 7.11. The largest absolute Gasteiger partial charge is 0.492 e. The van der Waals surface area contributed by atoms with E-state index in [4.69, 9.17) is 9.84 Å². The number of benzene rings is 1. The van der Waals surface area contributed by atoms with Gasteiger partial charge in [0, 0.05) is 23.1 Å². The number of hydrogen-bond donors (Lipinski definition) is 2. The number of nitrogens with one attached hydrogen (secondary N) is 1. The highest BCUT2D eigenvalue weighted by Gasteiger charge is 2.09. The van der Waals surface area contributed by atoms with Crippen LogP contribution in [0.4, 0.5) is 0 Å². The first kappa shape index (κ1) is 15.0. The number of ether oxygens (including phenoxy) is 1. The van der Waals surface area contributed by atoms with E-state index < -0.39 is 0 Å². The second kappa shape index (κ2) is 8.08. The summed E-state index contributed by atoms with van der Waals surface area (Å²) in [6, 6.07) is 4.00. The zero-order valence-electron chi connectivity index (χ0n) is 9.80. The van der Waals surface area contributed by atoms with E-state index in [0.717, 1.165) is 26.7 Å². The summed E-state index contributed by atoms with van der Waals surface area (Å²) in [7, 11) is 0. The molecule has 2 N–H and O–H groups in total. The first-order chi connectivity index (χ1) is 8.19. The van der Waals surface area contributed by atoms with E-state index in [2.05, 4.69) is 44.1 Å². The molecule has 0 saturated carbocycles. The number of hydrogen-bond acceptors (Lipinski definition) is 3. The van der Waals surface area contributed by atoms with Gasteiger partial charge in [-0.3, -0.25) is 0 Å². The fourth-order valence-corrected chi connectivity index (χ4v) is 2.84. The smallest absolute Gasteiger partial charge is 0.138 e. The predicted octanol–water partition coefficient (Wildman–Crippen LogP) is 3.08. The first-order valence-corrected chi connectivity index (χ1v) is 7.20. The molecular weight excluding hydrogens is 350 g/mol. The van der Waals surface area contributed by atoms with Gasteiger partial charge in [-0.1, -0.05) is 22.9 Å². The number of halogens is 2. The molecule has 0 heterocycles. The predicted molar refractivity (Wildman–Crippen MR) is 76.4 cm³/mol. The van der Waals surface area contributed by atoms with Gasteiger partial charge in [-0.15, -0.1) is 0 Å². The summed E-state index contributed by atoms with van der Waals surface area (Å²) in [4.78, 5) is 0. The van der Waals surface area contributed by atoms with Gasteiger partial charge in [-0.05, 0) is 34.5 Å². The molecule has 0 radical (unpaired) electrons. The van der Waals surface area contributed by atoms with Crippen LogP contribution in [0.3, 0.4) is 0 Å². The van der Waals surface area contributed by atoms with Gasteiger partial charge in [0.25, 0.3) is 0 Å². The van der Waals surface area contributed by atoms with Crippen LogP contribution in [0.25, 0.3) is 0 Å². The zero-order chi connectivity index (χ0) is 12.7. The lowest BCUT2D eigenvalue weighted by Gasteiger charge is -2.14. The Morgan fingerprint density at radius 2 is 2.12 bits per heavy atom. The van der Waals surface area contributed by atoms with Gasteiger partial charge < -0.3 is 15.2 Å². The SMILES string of the molecule is CCCOc1c(Br)cc(Br)cc1CNCCO. The first-order valence-electron chi connectivity index (χ1n) is 5.61. The third-order valence-corrected chi connectivity index (χ3v) is 3.19. The van der Waals surface area contributed by atoms with Crippen molar-refractivity contribution in [3.05, 3.63) is 26.6 Å². The van der Waals surface area contributed by atoms with Crippen LogP contribution in [0.2, 0.25) is 0 Å². The van der Waals surface area contributed by atoms with E-state index >= 15 is 0 Å². The van der Waals surface area contributed by atoms with Gasteiger partial charge in [0.05, 0.1) is 17.7 Å². The quantitative estimate of drug-likeness (QED) is 0.728. The molecule has 0 atom stereocenters. The van der Waals surface area contributed by atoms with Crippen LogP contribution in [-0.2, 0) is 6.54 Å². The van der Waals surface area contributed by atoms with E-state index in [1.807, 2.05) is 12.1 Å². The molecule has 0 unspecified atom stereocenters. The van der Waals surface area contributed by atoms with Crippen molar-refractivity contribution < 1.29 is 9.84 Å². The van der Waals surface area contributed by atoms with E-state index in [9.17, 15) is 0 Å². The van der Waals surface area contributed by atoms with Crippen molar-refractivity contribution in [2.75, 3.05) is 19.8 Å². The van der Waals surface area contributed by atoms with Crippen molar-refractivity contribution >= 4 is 31.9 Å². The lowest BCUT2D eigenvalue weighted by atomic mass is 10.2. The summed E-state index contributed by atoms with van der Waals surface area (Å²) in [5.41, 5.74) is 1.08. The van der Waals surface area contributed by atoms with Crippen molar-refractivity contribution in [3.8, 4) is 5.75 Å². The average molecular weight is 367 g/mol. The molecule has 1 aromatic rings. The second-order valence-corrected chi connectivity index (χ2v) is 5.39. The molecule has 3 nitrogen and oxygen atoms in total. The third-order valence-electron chi connectivity index (χ3n) is 2.14. The highest BCUT2D eigenvalue weighted by atomic mass is 79.9. The molecule has 0 bridgehead atoms. The monoisotopic (exact) mass is 365 g/mol. The lowest BCUT2D eigenvalue weighted by molar-refractivity contribution is 0.289. The molecule has 1 rings (SSSR count). The minimum atomic E-state index is 0.139. The van der Waals surface area contributed by atoms with Crippen molar-refractivity contribution in [1.82, 2.24) is 5.32 Å². The van der Waals surface area contributed by atoms with Crippen LogP contribution < -0.4 is 10.1 Å². The van der Waals surface area contributed by atoms with Crippen molar-refractivity contribution in [3.63, 3.8) is 0 Å². The minimum absolute atomic E-state index is 0.139. The van der Waals surface area contributed by atoms with Gasteiger partial charge >= 0.3 is 0 Å². The Labute approximate surface area is 119 Å². The van der Waals surface area contributed by atoms with E-state index in [1.165, 1.54) is 0 Å². The molecule has 0 fully saturated rings. The summed E-state index contributed by atoms with van der Waals surface area (Å²) in [5.74, 6) is 0.875. The van der Waals surface area contributed by atoms with Crippen LogP contribution in [0.1, 0.15) is 18.9 Å². The summed E-state index contributed by atoms with van der Waals surface area (Å²) in [6.07, 6.45) is 0.978. The second-order valence-electron chi connectivity index (χ2n) is 3.62. The maximum atomic E-state index is 8.75. The van der Waals surface area contributed by atoms with Crippen LogP contribution in [-0.4, -0.2) is 24.9 Å². The van der Waals surface area contributed by atoms with Gasteiger partial charge in [-0.2, -0.15) is 0 Å². The zero-order valence-corrected chi connectivity index (χ0v) is 13.0. The molecule has 0 aliphatic heterocycles. The molecule has 0 amide bonds. The van der Waals surface area contributed by atoms with Gasteiger partial charge in [-0.25, -0.2) is 0 Å². The molecule has 96 valence electrons. The van der Waals surface area contributed by atoms with Gasteiger partial charge in [0.2, 0.25) is 0 Å². The van der Waals surface area contributed by atoms with E-state index in [1.54, 1.807) is 0 Å². The Morgan fingerprint density at radius 3 is 2.76 bits per heavy atom. The highest BCUT2D eigenvalue weighted by molar-refractivity contribution is 9.11. The summed E-state index contributed by atoms with van der Waals surface area (Å²) in [5, 5.41) is 11.9. The summed E-state index contributed by atoms with van der Waals surface area (Å²) < 4.78 is 7.69. The molecule has 0 aromatic heterocycles. The van der Waals surface area contributed by atoms with Crippen molar-refractivity contribution in [2.24, 2.45) is 0 Å². The molecule has 0 spiro atoms. The van der Waals surface area contributed by atoms with Crippen molar-refractivity contribution in [1.29, 1.82) is 0 Å². The van der Waals surface area contributed by atoms with E-state index in [0.29, 0.717) is 19.7 Å². The topological polar surface area (TPSA) is 41.5 Å². The summed E-state index contributed by atoms with van der Waals surface area (Å²) in [6.45, 7) is 4.18. The Balaban J connectivity index is 2.82. The maximum absolute atomic E-state index is 8.75. The maximum Gasteiger partial charge on any atom is 0.138 e. The van der Waals surface area contributed by atoms with Crippen LogP contribution in [0, 0.1) is 0 Å². The molecule has 17 heavy (non-hydrogen) atoms. The fourth-order valence-electron chi connectivity index (χ4n) is 1.41. The Morgan fingerprint density at radius 1 is 1.35 bits per heavy atom. The minimum Gasteiger partial charge on any atom is -0.492 e.